The molecule has 0 aliphatic rings. The summed E-state index contributed by atoms with van der Waals surface area (Å²) >= 11 is 3.20. The normalized spacial score (nSPS) is 11.9. The van der Waals surface area contributed by atoms with Crippen LogP contribution in [0.5, 0.6) is 0 Å². The molecule has 0 radical (unpaired) electrons. The Bertz CT molecular complexity index is 638. The largest absolute Gasteiger partial charge is 0.478 e. The average molecular weight is 362 g/mol. The standard InChI is InChI=1S/C13H16BrNO4S/c1-3-4-5-6-15-20(18,19)11-8-10(13(16)17)7-9(2)12(11)14/h3-4,7-8,15H,5-6H2,1-2H3,(H,16,17)/b4-3+. The molecule has 0 atom stereocenters. The minimum absolute atomic E-state index is 0.0560. The molecule has 5 nitrogen and oxygen atoms in total. The van der Waals surface area contributed by atoms with Gasteiger partial charge in [0.1, 0.15) is 0 Å². The molecule has 110 valence electrons. The van der Waals surface area contributed by atoms with E-state index >= 15 is 0 Å². The first-order valence-corrected chi connectivity index (χ1v) is 8.21. The molecule has 0 amide bonds. The van der Waals surface area contributed by atoms with Crippen molar-refractivity contribution in [1.29, 1.82) is 0 Å². The van der Waals surface area contributed by atoms with Crippen LogP contribution >= 0.6 is 15.9 Å². The number of benzene rings is 1. The van der Waals surface area contributed by atoms with Gasteiger partial charge < -0.3 is 5.11 Å². The van der Waals surface area contributed by atoms with Crippen LogP contribution in [0, 0.1) is 6.92 Å². The molecular weight excluding hydrogens is 346 g/mol. The second-order valence-corrected chi connectivity index (χ2v) is 6.69. The van der Waals surface area contributed by atoms with Gasteiger partial charge in [0.05, 0.1) is 10.5 Å². The number of aryl methyl sites for hydroxylation is 1. The van der Waals surface area contributed by atoms with Gasteiger partial charge in [-0.2, -0.15) is 0 Å². The van der Waals surface area contributed by atoms with E-state index in [-0.39, 0.29) is 17.0 Å². The monoisotopic (exact) mass is 361 g/mol. The van der Waals surface area contributed by atoms with Crippen LogP contribution in [0.4, 0.5) is 0 Å². The fourth-order valence-electron chi connectivity index (χ4n) is 1.58. The predicted octanol–water partition coefficient (Wildman–Crippen LogP) is 2.70. The van der Waals surface area contributed by atoms with Crippen molar-refractivity contribution in [2.24, 2.45) is 0 Å². The first-order valence-electron chi connectivity index (χ1n) is 5.94. The molecule has 0 saturated carbocycles. The van der Waals surface area contributed by atoms with E-state index in [1.807, 2.05) is 19.1 Å². The number of rotatable bonds is 6. The molecule has 0 aliphatic carbocycles. The van der Waals surface area contributed by atoms with E-state index in [0.717, 1.165) is 6.07 Å². The molecule has 0 aromatic heterocycles. The van der Waals surface area contributed by atoms with E-state index in [2.05, 4.69) is 20.7 Å². The summed E-state index contributed by atoms with van der Waals surface area (Å²) < 4.78 is 27.2. The summed E-state index contributed by atoms with van der Waals surface area (Å²) in [5.41, 5.74) is 0.498. The minimum Gasteiger partial charge on any atom is -0.478 e. The number of aromatic carboxylic acids is 1. The van der Waals surface area contributed by atoms with Gasteiger partial charge in [0.25, 0.3) is 0 Å². The highest BCUT2D eigenvalue weighted by Gasteiger charge is 2.21. The van der Waals surface area contributed by atoms with Crippen molar-refractivity contribution in [3.05, 3.63) is 39.9 Å². The molecule has 1 rings (SSSR count). The van der Waals surface area contributed by atoms with Gasteiger partial charge in [-0.05, 0) is 53.9 Å². The highest BCUT2D eigenvalue weighted by molar-refractivity contribution is 9.10. The van der Waals surface area contributed by atoms with Crippen molar-refractivity contribution in [1.82, 2.24) is 4.72 Å². The summed E-state index contributed by atoms with van der Waals surface area (Å²) in [4.78, 5) is 10.9. The van der Waals surface area contributed by atoms with Crippen LogP contribution in [0.15, 0.2) is 33.7 Å². The first kappa shape index (κ1) is 16.9. The van der Waals surface area contributed by atoms with Crippen LogP contribution < -0.4 is 4.72 Å². The Morgan fingerprint density at radius 3 is 2.65 bits per heavy atom. The molecule has 1 aromatic rings. The van der Waals surface area contributed by atoms with Crippen molar-refractivity contribution >= 4 is 31.9 Å². The molecule has 0 heterocycles. The minimum atomic E-state index is -3.74. The van der Waals surface area contributed by atoms with Crippen molar-refractivity contribution in [3.8, 4) is 0 Å². The third kappa shape index (κ3) is 4.16. The molecule has 1 aromatic carbocycles. The third-order valence-electron chi connectivity index (χ3n) is 2.60. The second kappa shape index (κ2) is 7.01. The SMILES string of the molecule is C/C=C/CCNS(=O)(=O)c1cc(C(=O)O)cc(C)c1Br. The lowest BCUT2D eigenvalue weighted by Gasteiger charge is -2.11. The van der Waals surface area contributed by atoms with Crippen LogP contribution in [0.2, 0.25) is 0 Å². The van der Waals surface area contributed by atoms with Gasteiger partial charge in [-0.15, -0.1) is 0 Å². The summed E-state index contributed by atoms with van der Waals surface area (Å²) in [5, 5.41) is 9.00. The zero-order chi connectivity index (χ0) is 15.3. The first-order chi connectivity index (χ1) is 9.29. The van der Waals surface area contributed by atoms with Crippen LogP contribution in [-0.4, -0.2) is 26.0 Å². The number of hydrogen-bond acceptors (Lipinski definition) is 3. The highest BCUT2D eigenvalue weighted by atomic mass is 79.9. The summed E-state index contributed by atoms with van der Waals surface area (Å²) in [6.45, 7) is 3.76. The Morgan fingerprint density at radius 2 is 2.10 bits per heavy atom. The smallest absolute Gasteiger partial charge is 0.335 e. The van der Waals surface area contributed by atoms with Crippen molar-refractivity contribution < 1.29 is 18.3 Å². The Morgan fingerprint density at radius 1 is 1.45 bits per heavy atom. The van der Waals surface area contributed by atoms with Gasteiger partial charge >= 0.3 is 5.97 Å². The predicted molar refractivity (Wildman–Crippen MR) is 80.5 cm³/mol. The van der Waals surface area contributed by atoms with Gasteiger partial charge in [0, 0.05) is 11.0 Å². The molecular formula is C13H16BrNO4S. The molecule has 0 bridgehead atoms. The Kier molecular flexibility index (Phi) is 5.91. The van der Waals surface area contributed by atoms with Crippen molar-refractivity contribution in [2.75, 3.05) is 6.54 Å². The Labute approximate surface area is 126 Å². The summed E-state index contributed by atoms with van der Waals surface area (Å²) in [6.07, 6.45) is 4.25. The number of allylic oxidation sites excluding steroid dienone is 1. The Balaban J connectivity index is 3.13. The maximum absolute atomic E-state index is 12.2. The number of carboxylic acid groups (broad SMARTS) is 1. The zero-order valence-corrected chi connectivity index (χ0v) is 13.6. The van der Waals surface area contributed by atoms with E-state index in [4.69, 9.17) is 5.11 Å². The van der Waals surface area contributed by atoms with Gasteiger partial charge in [-0.25, -0.2) is 17.9 Å². The lowest BCUT2D eigenvalue weighted by Crippen LogP contribution is -2.25. The van der Waals surface area contributed by atoms with Crippen LogP contribution in [0.3, 0.4) is 0 Å². The molecule has 0 saturated heterocycles. The topological polar surface area (TPSA) is 83.5 Å². The van der Waals surface area contributed by atoms with Gasteiger partial charge in [-0.1, -0.05) is 12.2 Å². The number of carbonyl (C=O) groups is 1. The van der Waals surface area contributed by atoms with E-state index < -0.39 is 16.0 Å². The lowest BCUT2D eigenvalue weighted by atomic mass is 10.1. The lowest BCUT2D eigenvalue weighted by molar-refractivity contribution is 0.0696. The van der Waals surface area contributed by atoms with E-state index in [9.17, 15) is 13.2 Å². The van der Waals surface area contributed by atoms with E-state index in [1.165, 1.54) is 6.07 Å². The molecule has 0 spiro atoms. The zero-order valence-electron chi connectivity index (χ0n) is 11.2. The quantitative estimate of drug-likeness (QED) is 0.602. The molecule has 0 fully saturated rings. The number of carboxylic acids is 1. The Hall–Kier alpha value is -1.18. The number of sulfonamides is 1. The number of nitrogens with one attached hydrogen (secondary N) is 1. The molecule has 0 aliphatic heterocycles. The molecule has 7 heteroatoms. The summed E-state index contributed by atoms with van der Waals surface area (Å²) in [6, 6.07) is 2.57. The fourth-order valence-corrected chi connectivity index (χ4v) is 3.67. The van der Waals surface area contributed by atoms with Crippen molar-refractivity contribution in [3.63, 3.8) is 0 Å². The van der Waals surface area contributed by atoms with Crippen LogP contribution in [0.1, 0.15) is 29.3 Å². The molecule has 20 heavy (non-hydrogen) atoms. The van der Waals surface area contributed by atoms with Crippen LogP contribution in [0.25, 0.3) is 0 Å². The maximum atomic E-state index is 12.2. The van der Waals surface area contributed by atoms with Gasteiger partial charge in [0.15, 0.2) is 0 Å². The van der Waals surface area contributed by atoms with Gasteiger partial charge in [-0.3, -0.25) is 0 Å². The van der Waals surface area contributed by atoms with Crippen LogP contribution in [-0.2, 0) is 10.0 Å². The summed E-state index contributed by atoms with van der Waals surface area (Å²) in [5.74, 6) is -1.16. The van der Waals surface area contributed by atoms with E-state index in [1.54, 1.807) is 6.92 Å². The third-order valence-corrected chi connectivity index (χ3v) is 5.40. The molecule has 0 unspecified atom stereocenters. The van der Waals surface area contributed by atoms with E-state index in [0.29, 0.717) is 16.5 Å². The number of hydrogen-bond donors (Lipinski definition) is 2. The fraction of sp³-hybridized carbons (Fsp3) is 0.308. The average Bonchev–Trinajstić information content (AvgIpc) is 2.37. The number of halogens is 1. The second-order valence-electron chi connectivity index (χ2n) is 4.17. The summed E-state index contributed by atoms with van der Waals surface area (Å²) in [7, 11) is -3.74. The highest BCUT2D eigenvalue weighted by Crippen LogP contribution is 2.27. The van der Waals surface area contributed by atoms with Gasteiger partial charge in [0.2, 0.25) is 10.0 Å². The molecule has 2 N–H and O–H groups in total. The van der Waals surface area contributed by atoms with Crippen molar-refractivity contribution in [2.45, 2.75) is 25.2 Å². The maximum Gasteiger partial charge on any atom is 0.335 e.